The minimum atomic E-state index is -6.09. The second kappa shape index (κ2) is 56.2. The summed E-state index contributed by atoms with van der Waals surface area (Å²) in [7, 11) is -15.3. The summed E-state index contributed by atoms with van der Waals surface area (Å²) in [6.45, 7) is 3.00. The summed E-state index contributed by atoms with van der Waals surface area (Å²) < 4.78 is 213. The van der Waals surface area contributed by atoms with Crippen LogP contribution in [0.5, 0.6) is 0 Å². The number of rotatable bonds is 15. The van der Waals surface area contributed by atoms with Gasteiger partial charge in [-0.05, 0) is 138 Å². The average molecular weight is 2640 g/mol. The Morgan fingerprint density at radius 3 is 0.524 bits per heavy atom. The maximum atomic E-state index is 10.7. The molecule has 9 heterocycles. The molecule has 30 nitrogen and oxygen atoms in total. The van der Waals surface area contributed by atoms with Crippen molar-refractivity contribution in [2.75, 3.05) is 61.0 Å². The van der Waals surface area contributed by atoms with Gasteiger partial charge in [-0.25, -0.2) is 55.2 Å². The smallest absolute Gasteiger partial charge is 0.741 e. The Morgan fingerprint density at radius 2 is 0.381 bits per heavy atom. The molecule has 6 aliphatic heterocycles. The van der Waals surface area contributed by atoms with E-state index in [0.29, 0.717) is 92.5 Å². The molecule has 0 bridgehead atoms. The quantitative estimate of drug-likeness (QED) is 0.0371. The number of aliphatic hydroxyl groups is 3. The van der Waals surface area contributed by atoms with Crippen LogP contribution in [0, 0.1) is 0 Å². The van der Waals surface area contributed by atoms with Crippen molar-refractivity contribution in [1.29, 1.82) is 0 Å². The summed E-state index contributed by atoms with van der Waals surface area (Å²) in [6, 6.07) is 103. The van der Waals surface area contributed by atoms with E-state index < -0.39 is 46.9 Å². The number of aromatic nitrogens is 6. The molecule has 0 aliphatic carbocycles. The van der Waals surface area contributed by atoms with Crippen molar-refractivity contribution in [2.24, 2.45) is 30.0 Å². The van der Waals surface area contributed by atoms with Crippen molar-refractivity contribution in [3.8, 4) is 34.2 Å². The number of imidazole rings is 3. The molecule has 6 atom stereocenters. The monoisotopic (exact) mass is 2630 g/mol. The fourth-order valence-electron chi connectivity index (χ4n) is 14.4. The minimum absolute atomic E-state index is 0. The summed E-state index contributed by atoms with van der Waals surface area (Å²) in [4.78, 5) is 58.0. The number of halogens is 9. The Morgan fingerprint density at radius 1 is 0.245 bits per heavy atom. The van der Waals surface area contributed by atoms with Crippen LogP contribution in [-0.2, 0) is 193 Å². The van der Waals surface area contributed by atoms with Crippen LogP contribution in [0.3, 0.4) is 0 Å². The van der Waals surface area contributed by atoms with Crippen LogP contribution in [0.25, 0.3) is 67.3 Å². The zero-order valence-corrected chi connectivity index (χ0v) is 87.3. The number of hydrogen-bond donors (Lipinski definition) is 3. The van der Waals surface area contributed by atoms with Crippen LogP contribution in [0.4, 0.5) is 39.5 Å². The molecule has 3 aromatic heterocycles. The van der Waals surface area contributed by atoms with Crippen LogP contribution in [0.2, 0.25) is 0 Å². The predicted octanol–water partition coefficient (Wildman–Crippen LogP) is 16.7. The average Bonchev–Trinajstić information content (AvgIpc) is 1.64. The van der Waals surface area contributed by atoms with E-state index in [1.807, 2.05) is 237 Å². The Bertz CT molecular complexity index is 6350. The summed E-state index contributed by atoms with van der Waals surface area (Å²) in [5.74, 6) is 5.58. The van der Waals surface area contributed by atoms with Gasteiger partial charge in [-0.3, -0.25) is 0 Å². The van der Waals surface area contributed by atoms with Gasteiger partial charge in [0.1, 0.15) is 75.9 Å². The van der Waals surface area contributed by atoms with E-state index in [0.717, 1.165) is 138 Å². The Hall–Kier alpha value is -10.7. The van der Waals surface area contributed by atoms with Gasteiger partial charge in [0.25, 0.3) is 0 Å². The number of hydrogen-bond acceptors (Lipinski definition) is 27. The minimum Gasteiger partial charge on any atom is -0.741 e. The summed E-state index contributed by atoms with van der Waals surface area (Å²) in [5, 5.41) is 21.0. The van der Waals surface area contributed by atoms with Crippen molar-refractivity contribution < 1.29 is 256 Å². The zero-order valence-electron chi connectivity index (χ0n) is 75.9. The first-order valence-corrected chi connectivity index (χ1v) is 46.5. The number of alkyl halides is 9. The van der Waals surface area contributed by atoms with Gasteiger partial charge in [0.2, 0.25) is 35.4 Å². The van der Waals surface area contributed by atoms with Crippen molar-refractivity contribution in [3.05, 3.63) is 376 Å². The van der Waals surface area contributed by atoms with E-state index in [-0.39, 0.29) is 171 Å². The zero-order chi connectivity index (χ0) is 101. The molecule has 0 radical (unpaired) electrons. The van der Waals surface area contributed by atoms with Gasteiger partial charge < -0.3 is 87.3 Å². The topological polar surface area (TPSA) is 443 Å². The molecule has 0 amide bonds. The molecule has 792 valence electrons. The molecular weight excluding hydrogens is 2560 g/mol. The predicted molar refractivity (Wildman–Crippen MR) is 503 cm³/mol. The number of fused-ring (bicyclic) bond motifs is 3. The first kappa shape index (κ1) is 123. The fourth-order valence-corrected chi connectivity index (χ4v) is 14.4. The van der Waals surface area contributed by atoms with Crippen LogP contribution >= 0.6 is 0 Å². The summed E-state index contributed by atoms with van der Waals surface area (Å²) in [5.41, 5.74) is 2.79. The van der Waals surface area contributed by atoms with E-state index in [4.69, 9.17) is 143 Å². The molecule has 147 heavy (non-hydrogen) atoms. The first-order chi connectivity index (χ1) is 67.6. The van der Waals surface area contributed by atoms with Gasteiger partial charge in [-0.1, -0.05) is 272 Å². The van der Waals surface area contributed by atoms with Gasteiger partial charge in [0.05, 0.1) is 0 Å². The molecule has 21 rings (SSSR count). The van der Waals surface area contributed by atoms with E-state index in [9.17, 15) is 39.5 Å². The third kappa shape index (κ3) is 32.7. The molecule has 6 aliphatic rings. The largest absolute Gasteiger partial charge is 1.00 e. The number of aliphatic hydroxyl groups excluding tert-OH is 3. The molecule has 0 unspecified atom stereocenters. The van der Waals surface area contributed by atoms with E-state index >= 15 is 0 Å². The standard InChI is InChI=1S/2C33H27N3O3.C27H15N6.3CHF3O3S.3CH4O.6Ag/c2*1-4-10-22(11-5-1)28-19-37-31(34-28)25-16-26(32-35-29(20-38-32)23-12-6-2-7-13-23)18-27(17-25)33-36-30(21-39-33)24-14-8-3-9-15-24;1-2-8-20-19(7-1)28-25(29-20)16-13-17(26-30-21-9-3-4-10-22(21)31-26)15-18(14-16)27-32-23-11-5-6-12-24(23)33-27;3*2-1(3,4)8(5,6)7;3*1-2;;;;;;/h2*1-18,28-30H,19-21H2;1-15H;3*(H,5,6,7);3*2H,1H3;;;;;;/q;;-3;;;;;;;6*+1/p-3/t2*28-,29-,30-;;;;;;;;;;;;;/m00............./s1. The van der Waals surface area contributed by atoms with Crippen LogP contribution in [0.15, 0.2) is 339 Å². The Balaban J connectivity index is 0.000000258. The number of para-hydroxylation sites is 6. The van der Waals surface area contributed by atoms with Crippen molar-refractivity contribution >= 4 is 98.8 Å². The molecule has 12 aromatic carbocycles. The van der Waals surface area contributed by atoms with E-state index in [1.54, 1.807) is 0 Å². The third-order valence-corrected chi connectivity index (χ3v) is 22.6. The second-order valence-electron chi connectivity index (χ2n) is 30.2. The summed E-state index contributed by atoms with van der Waals surface area (Å²) in [6.07, 6.45) is 0. The summed E-state index contributed by atoms with van der Waals surface area (Å²) >= 11 is 0. The number of aliphatic imine (C=N–C) groups is 6. The fraction of sp³-hybridized carbons (Fsp3) is 0.182. The van der Waals surface area contributed by atoms with Gasteiger partial charge >= 0.3 is 151 Å². The Labute approximate surface area is 930 Å². The van der Waals surface area contributed by atoms with Gasteiger partial charge in [-0.15, -0.1) is 0 Å². The van der Waals surface area contributed by atoms with Gasteiger partial charge in [0.15, 0.2) is 30.4 Å². The van der Waals surface area contributed by atoms with E-state index in [2.05, 4.69) is 72.8 Å². The van der Waals surface area contributed by atoms with Crippen LogP contribution < -0.4 is 15.0 Å². The molecule has 3 N–H and O–H groups in total. The van der Waals surface area contributed by atoms with Crippen molar-refractivity contribution in [2.45, 2.75) is 52.8 Å². The van der Waals surface area contributed by atoms with Crippen molar-refractivity contribution in [3.63, 3.8) is 0 Å². The SMILES string of the molecule is CO.CO.CO.O=S(=O)([O-])C(F)(F)F.O=S(=O)([O-])C(F)(F)F.O=S(=O)([O-])C(F)(F)F.[Ag+].[Ag+].[Ag+].[Ag+].[Ag+].[Ag+].c1ccc([C@@H]2COC(c3cc(C4=N[C@H](c5ccccc5)CO4)cc(C4=N[C@H](c5ccccc5)CO4)c3)=N2)cc1.c1ccc([C@@H]2COC(c3cc(C4=N[C@H](c5ccccc5)CO4)cc(C4=N[C@H](c5ccccc5)CO4)c3)=N2)cc1.c1ccc2[n-]c(-c3cc(-c4nc5ccccc5[n-]4)cc(-c4nc5ccccc5[n-]4)c3)nc2c1. The maximum absolute atomic E-state index is 10.7. The van der Waals surface area contributed by atoms with Crippen LogP contribution in [0.1, 0.15) is 103 Å². The Kier molecular flexibility index (Phi) is 47.1. The van der Waals surface area contributed by atoms with Gasteiger partial charge in [0, 0.05) is 54.7 Å². The van der Waals surface area contributed by atoms with Crippen LogP contribution in [-0.4, -0.2) is 182 Å². The van der Waals surface area contributed by atoms with E-state index in [1.165, 1.54) is 0 Å². The number of ether oxygens (including phenoxy) is 6. The normalized spacial score (nSPS) is 16.6. The van der Waals surface area contributed by atoms with Crippen molar-refractivity contribution in [1.82, 2.24) is 29.9 Å². The number of nitrogens with zero attached hydrogens (tertiary/aromatic N) is 12. The number of benzene rings is 12. The molecule has 0 saturated heterocycles. The van der Waals surface area contributed by atoms with Gasteiger partial charge in [-0.2, -0.15) is 39.5 Å². The molecular formula is C99H81Ag6F9N12O18S3. The second-order valence-corrected chi connectivity index (χ2v) is 34.3. The molecule has 15 aromatic rings. The first-order valence-electron chi connectivity index (χ1n) is 42.3. The molecule has 0 fully saturated rings. The molecule has 0 saturated carbocycles. The molecule has 48 heteroatoms. The third-order valence-electron chi connectivity index (χ3n) is 20.9. The molecule has 0 spiro atoms. The maximum Gasteiger partial charge on any atom is 1.00 e.